The second-order valence-corrected chi connectivity index (χ2v) is 5.54. The van der Waals surface area contributed by atoms with Crippen molar-refractivity contribution in [3.8, 4) is 5.75 Å². The van der Waals surface area contributed by atoms with Crippen LogP contribution < -0.4 is 10.1 Å². The molecule has 0 aliphatic carbocycles. The molecule has 8 heteroatoms. The third kappa shape index (κ3) is 5.60. The van der Waals surface area contributed by atoms with Crippen LogP contribution in [0, 0.1) is 0 Å². The van der Waals surface area contributed by atoms with Gasteiger partial charge in [0.1, 0.15) is 11.3 Å². The topological polar surface area (TPSA) is 81.7 Å². The molecule has 0 unspecified atom stereocenters. The summed E-state index contributed by atoms with van der Waals surface area (Å²) in [5, 5.41) is 2.53. The molecule has 0 fully saturated rings. The fourth-order valence-corrected chi connectivity index (χ4v) is 2.14. The summed E-state index contributed by atoms with van der Waals surface area (Å²) >= 11 is 0. The Hall–Kier alpha value is -3.29. The second-order valence-electron chi connectivity index (χ2n) is 5.54. The summed E-state index contributed by atoms with van der Waals surface area (Å²) in [4.78, 5) is 35.6. The van der Waals surface area contributed by atoms with Gasteiger partial charge in [-0.1, -0.05) is 12.1 Å². The predicted molar refractivity (Wildman–Crippen MR) is 93.0 cm³/mol. The second kappa shape index (κ2) is 8.88. The van der Waals surface area contributed by atoms with Crippen molar-refractivity contribution in [3.05, 3.63) is 59.7 Å². The number of halogens is 2. The first kappa shape index (κ1) is 20.0. The van der Waals surface area contributed by atoms with Crippen LogP contribution in [-0.4, -0.2) is 30.4 Å². The fourth-order valence-electron chi connectivity index (χ4n) is 2.14. The lowest BCUT2D eigenvalue weighted by Gasteiger charge is -2.15. The number of esters is 1. The molecule has 1 amide bonds. The Kier molecular flexibility index (Phi) is 6.59. The van der Waals surface area contributed by atoms with E-state index in [0.29, 0.717) is 11.3 Å². The van der Waals surface area contributed by atoms with E-state index in [4.69, 9.17) is 4.74 Å². The van der Waals surface area contributed by atoms with Gasteiger partial charge in [0.15, 0.2) is 11.9 Å². The molecule has 0 aromatic heterocycles. The van der Waals surface area contributed by atoms with Crippen molar-refractivity contribution < 1.29 is 32.6 Å². The van der Waals surface area contributed by atoms with E-state index in [1.165, 1.54) is 50.2 Å². The van der Waals surface area contributed by atoms with Gasteiger partial charge in [-0.3, -0.25) is 9.59 Å². The first-order chi connectivity index (χ1) is 12.8. The van der Waals surface area contributed by atoms with Crippen molar-refractivity contribution in [2.45, 2.75) is 26.6 Å². The number of ether oxygens (including phenoxy) is 2. The number of amides is 1. The molecular weight excluding hydrogens is 360 g/mol. The standard InChI is InChI=1S/C19H17F2NO5/c1-11(23)13-7-9-14(10-8-13)22-17(24)12(2)26-18(25)15-5-3-4-6-16(15)27-19(20)21/h3-10,12,19H,1-2H3,(H,22,24)/t12-/m1/s1. The summed E-state index contributed by atoms with van der Waals surface area (Å²) in [6.07, 6.45) is -1.19. The van der Waals surface area contributed by atoms with Gasteiger partial charge in [0.05, 0.1) is 0 Å². The largest absolute Gasteiger partial charge is 0.449 e. The Labute approximate surface area is 154 Å². The fraction of sp³-hybridized carbons (Fsp3) is 0.211. The number of nitrogens with one attached hydrogen (secondary N) is 1. The molecule has 0 bridgehead atoms. The van der Waals surface area contributed by atoms with Crippen molar-refractivity contribution in [3.63, 3.8) is 0 Å². The van der Waals surface area contributed by atoms with E-state index in [2.05, 4.69) is 10.1 Å². The van der Waals surface area contributed by atoms with E-state index in [-0.39, 0.29) is 17.1 Å². The zero-order valence-electron chi connectivity index (χ0n) is 14.6. The van der Waals surface area contributed by atoms with Crippen LogP contribution in [0.5, 0.6) is 5.75 Å². The Morgan fingerprint density at radius 1 is 1.00 bits per heavy atom. The molecule has 6 nitrogen and oxygen atoms in total. The average molecular weight is 377 g/mol. The van der Waals surface area contributed by atoms with E-state index in [9.17, 15) is 23.2 Å². The number of carbonyl (C=O) groups is 3. The van der Waals surface area contributed by atoms with E-state index in [1.807, 2.05) is 0 Å². The quantitative estimate of drug-likeness (QED) is 0.588. The van der Waals surface area contributed by atoms with E-state index < -0.39 is 24.6 Å². The predicted octanol–water partition coefficient (Wildman–Crippen LogP) is 3.67. The summed E-state index contributed by atoms with van der Waals surface area (Å²) < 4.78 is 34.1. The molecule has 2 rings (SSSR count). The maximum Gasteiger partial charge on any atom is 0.387 e. The number of para-hydroxylation sites is 1. The summed E-state index contributed by atoms with van der Waals surface area (Å²) in [6, 6.07) is 11.5. The zero-order chi connectivity index (χ0) is 20.0. The smallest absolute Gasteiger partial charge is 0.387 e. The van der Waals surface area contributed by atoms with Crippen molar-refractivity contribution in [1.82, 2.24) is 0 Å². The first-order valence-corrected chi connectivity index (χ1v) is 7.94. The lowest BCUT2D eigenvalue weighted by atomic mass is 10.1. The highest BCUT2D eigenvalue weighted by molar-refractivity contribution is 5.99. The summed E-state index contributed by atoms with van der Waals surface area (Å²) in [6.45, 7) is -0.337. The number of ketones is 1. The number of alkyl halides is 2. The van der Waals surface area contributed by atoms with Crippen molar-refractivity contribution in [2.75, 3.05) is 5.32 Å². The van der Waals surface area contributed by atoms with Crippen LogP contribution in [0.3, 0.4) is 0 Å². The minimum Gasteiger partial charge on any atom is -0.449 e. The molecule has 0 aliphatic rings. The van der Waals surface area contributed by atoms with Gasteiger partial charge in [0.2, 0.25) is 0 Å². The van der Waals surface area contributed by atoms with Crippen LogP contribution in [0.25, 0.3) is 0 Å². The third-order valence-electron chi connectivity index (χ3n) is 3.54. The van der Waals surface area contributed by atoms with Gasteiger partial charge in [0.25, 0.3) is 5.91 Å². The highest BCUT2D eigenvalue weighted by Crippen LogP contribution is 2.21. The van der Waals surface area contributed by atoms with Crippen LogP contribution in [0.2, 0.25) is 0 Å². The van der Waals surface area contributed by atoms with Gasteiger partial charge in [0, 0.05) is 11.3 Å². The molecule has 0 radical (unpaired) electrons. The summed E-state index contributed by atoms with van der Waals surface area (Å²) in [7, 11) is 0. The average Bonchev–Trinajstić information content (AvgIpc) is 2.61. The number of anilines is 1. The molecule has 2 aromatic rings. The molecule has 0 heterocycles. The number of benzene rings is 2. The Balaban J connectivity index is 2.01. The molecule has 0 aliphatic heterocycles. The number of hydrogen-bond donors (Lipinski definition) is 1. The SMILES string of the molecule is CC(=O)c1ccc(NC(=O)[C@@H](C)OC(=O)c2ccccc2OC(F)F)cc1. The molecular formula is C19H17F2NO5. The maximum absolute atomic E-state index is 12.4. The van der Waals surface area contributed by atoms with Gasteiger partial charge in [-0.2, -0.15) is 8.78 Å². The molecule has 2 aromatic carbocycles. The normalized spacial score (nSPS) is 11.6. The van der Waals surface area contributed by atoms with Crippen molar-refractivity contribution in [2.24, 2.45) is 0 Å². The molecule has 27 heavy (non-hydrogen) atoms. The van der Waals surface area contributed by atoms with Gasteiger partial charge < -0.3 is 14.8 Å². The van der Waals surface area contributed by atoms with E-state index in [0.717, 1.165) is 0 Å². The highest BCUT2D eigenvalue weighted by Gasteiger charge is 2.22. The molecule has 1 N–H and O–H groups in total. The van der Waals surface area contributed by atoms with Crippen LogP contribution in [0.1, 0.15) is 34.6 Å². The number of hydrogen-bond acceptors (Lipinski definition) is 5. The molecule has 1 atom stereocenters. The number of rotatable bonds is 7. The lowest BCUT2D eigenvalue weighted by Crippen LogP contribution is -2.30. The molecule has 142 valence electrons. The van der Waals surface area contributed by atoms with Gasteiger partial charge in [-0.15, -0.1) is 0 Å². The van der Waals surface area contributed by atoms with Gasteiger partial charge >= 0.3 is 12.6 Å². The Bertz CT molecular complexity index is 836. The van der Waals surface area contributed by atoms with Gasteiger partial charge in [-0.05, 0) is 50.2 Å². The Morgan fingerprint density at radius 3 is 2.22 bits per heavy atom. The van der Waals surface area contributed by atoms with Gasteiger partial charge in [-0.25, -0.2) is 4.79 Å². The number of carbonyl (C=O) groups excluding carboxylic acids is 3. The third-order valence-corrected chi connectivity index (χ3v) is 3.54. The van der Waals surface area contributed by atoms with Crippen molar-refractivity contribution >= 4 is 23.3 Å². The van der Waals surface area contributed by atoms with E-state index >= 15 is 0 Å². The Morgan fingerprint density at radius 2 is 1.63 bits per heavy atom. The molecule has 0 saturated carbocycles. The lowest BCUT2D eigenvalue weighted by molar-refractivity contribution is -0.123. The monoisotopic (exact) mass is 377 g/mol. The molecule has 0 spiro atoms. The van der Waals surface area contributed by atoms with Crippen LogP contribution in [0.15, 0.2) is 48.5 Å². The minimum absolute atomic E-state index is 0.111. The van der Waals surface area contributed by atoms with Crippen LogP contribution >= 0.6 is 0 Å². The number of Topliss-reactive ketones (excluding diaryl/α,β-unsaturated/α-hetero) is 1. The maximum atomic E-state index is 12.4. The summed E-state index contributed by atoms with van der Waals surface area (Å²) in [5.41, 5.74) is 0.681. The van der Waals surface area contributed by atoms with E-state index in [1.54, 1.807) is 12.1 Å². The summed E-state index contributed by atoms with van der Waals surface area (Å²) in [5.74, 6) is -2.04. The minimum atomic E-state index is -3.10. The zero-order valence-corrected chi connectivity index (χ0v) is 14.6. The van der Waals surface area contributed by atoms with Crippen LogP contribution in [-0.2, 0) is 9.53 Å². The van der Waals surface area contributed by atoms with Crippen molar-refractivity contribution in [1.29, 1.82) is 0 Å². The van der Waals surface area contributed by atoms with Crippen LogP contribution in [0.4, 0.5) is 14.5 Å². The molecule has 0 saturated heterocycles. The highest BCUT2D eigenvalue weighted by atomic mass is 19.3. The first-order valence-electron chi connectivity index (χ1n) is 7.94.